The van der Waals surface area contributed by atoms with E-state index in [2.05, 4.69) is 15.9 Å². The summed E-state index contributed by atoms with van der Waals surface area (Å²) in [4.78, 5) is -0.0273. The van der Waals surface area contributed by atoms with E-state index in [1.54, 1.807) is 20.1 Å². The van der Waals surface area contributed by atoms with Crippen LogP contribution in [0, 0.1) is 19.7 Å². The van der Waals surface area contributed by atoms with Crippen LogP contribution in [0.1, 0.15) is 27.3 Å². The van der Waals surface area contributed by atoms with Crippen molar-refractivity contribution in [2.45, 2.75) is 18.7 Å². The van der Waals surface area contributed by atoms with Gasteiger partial charge in [-0.3, -0.25) is 0 Å². The van der Waals surface area contributed by atoms with Crippen LogP contribution in [0.15, 0.2) is 34.9 Å². The van der Waals surface area contributed by atoms with Gasteiger partial charge in [0.25, 0.3) is 0 Å². The van der Waals surface area contributed by atoms with Gasteiger partial charge in [-0.15, -0.1) is 0 Å². The predicted molar refractivity (Wildman–Crippen MR) is 65.4 cm³/mol. The molecule has 0 saturated carbocycles. The van der Waals surface area contributed by atoms with Gasteiger partial charge in [0.05, 0.1) is 11.1 Å². The lowest BCUT2D eigenvalue weighted by molar-refractivity contribution is 0.519. The third kappa shape index (κ3) is 2.05. The topological polar surface area (TPSA) is 13.1 Å². The van der Waals surface area contributed by atoms with Gasteiger partial charge in [0.15, 0.2) is 0 Å². The quantitative estimate of drug-likeness (QED) is 0.738. The van der Waals surface area contributed by atoms with Gasteiger partial charge in [0.2, 0.25) is 0 Å². The van der Waals surface area contributed by atoms with Crippen molar-refractivity contribution in [1.82, 2.24) is 0 Å². The van der Waals surface area contributed by atoms with Crippen LogP contribution in [-0.4, -0.2) is 0 Å². The van der Waals surface area contributed by atoms with Crippen LogP contribution < -0.4 is 0 Å². The van der Waals surface area contributed by atoms with Crippen LogP contribution in [0.2, 0.25) is 0 Å². The van der Waals surface area contributed by atoms with Crippen molar-refractivity contribution in [3.63, 3.8) is 0 Å². The summed E-state index contributed by atoms with van der Waals surface area (Å²) < 4.78 is 18.8. The maximum Gasteiger partial charge on any atom is 0.129 e. The van der Waals surface area contributed by atoms with Gasteiger partial charge < -0.3 is 4.42 Å². The first-order valence-electron chi connectivity index (χ1n) is 5.03. The Hall–Kier alpha value is -1.09. The van der Waals surface area contributed by atoms with Gasteiger partial charge >= 0.3 is 0 Å². The molecule has 1 heterocycles. The number of furan rings is 1. The Morgan fingerprint density at radius 2 is 1.88 bits per heavy atom. The summed E-state index contributed by atoms with van der Waals surface area (Å²) >= 11 is 3.55. The lowest BCUT2D eigenvalue weighted by atomic mass is 10.0. The van der Waals surface area contributed by atoms with Crippen molar-refractivity contribution in [1.29, 1.82) is 0 Å². The maximum absolute atomic E-state index is 13.5. The van der Waals surface area contributed by atoms with E-state index >= 15 is 0 Å². The highest BCUT2D eigenvalue weighted by molar-refractivity contribution is 9.09. The van der Waals surface area contributed by atoms with Crippen molar-refractivity contribution < 1.29 is 8.81 Å². The van der Waals surface area contributed by atoms with Crippen LogP contribution >= 0.6 is 15.9 Å². The lowest BCUT2D eigenvalue weighted by Gasteiger charge is -2.10. The summed E-state index contributed by atoms with van der Waals surface area (Å²) in [6.07, 6.45) is 1.63. The zero-order valence-electron chi connectivity index (χ0n) is 9.13. The first kappa shape index (κ1) is 11.4. The lowest BCUT2D eigenvalue weighted by Crippen LogP contribution is -1.96. The van der Waals surface area contributed by atoms with E-state index in [0.29, 0.717) is 11.1 Å². The summed E-state index contributed by atoms with van der Waals surface area (Å²) in [6.45, 7) is 3.54. The third-order valence-electron chi connectivity index (χ3n) is 2.54. The summed E-state index contributed by atoms with van der Waals surface area (Å²) in [6, 6.07) is 7.41. The zero-order chi connectivity index (χ0) is 11.7. The van der Waals surface area contributed by atoms with E-state index in [1.165, 1.54) is 0 Å². The first-order chi connectivity index (χ1) is 7.59. The van der Waals surface area contributed by atoms with Crippen LogP contribution in [0.4, 0.5) is 4.39 Å². The van der Waals surface area contributed by atoms with E-state index in [0.717, 1.165) is 11.3 Å². The Labute approximate surface area is 102 Å². The number of hydrogen-bond acceptors (Lipinski definition) is 1. The van der Waals surface area contributed by atoms with Crippen LogP contribution in [0.25, 0.3) is 0 Å². The molecule has 1 atom stereocenters. The summed E-state index contributed by atoms with van der Waals surface area (Å²) in [5, 5.41) is 0. The Bertz CT molecular complexity index is 468. The van der Waals surface area contributed by atoms with Crippen LogP contribution in [-0.2, 0) is 0 Å². The average Bonchev–Trinajstić information content (AvgIpc) is 2.77. The molecule has 2 aromatic rings. The molecule has 1 aromatic heterocycles. The second-order valence-corrected chi connectivity index (χ2v) is 4.76. The Morgan fingerprint density at radius 1 is 1.25 bits per heavy atom. The zero-order valence-corrected chi connectivity index (χ0v) is 10.7. The van der Waals surface area contributed by atoms with Crippen molar-refractivity contribution in [3.05, 3.63) is 58.8 Å². The number of halogens is 2. The molecule has 0 radical (unpaired) electrons. The smallest absolute Gasteiger partial charge is 0.129 e. The molecule has 3 heteroatoms. The normalized spacial score (nSPS) is 12.8. The molecular weight excluding hydrogens is 271 g/mol. The van der Waals surface area contributed by atoms with Gasteiger partial charge in [-0.05, 0) is 42.7 Å². The molecule has 1 unspecified atom stereocenters. The molecular formula is C13H12BrFO. The number of hydrogen-bond donors (Lipinski definition) is 0. The molecule has 16 heavy (non-hydrogen) atoms. The van der Waals surface area contributed by atoms with Crippen LogP contribution in [0.3, 0.4) is 0 Å². The van der Waals surface area contributed by atoms with Crippen molar-refractivity contribution >= 4 is 15.9 Å². The minimum absolute atomic E-state index is 0.0273. The third-order valence-corrected chi connectivity index (χ3v) is 3.52. The van der Waals surface area contributed by atoms with E-state index in [-0.39, 0.29) is 10.6 Å². The van der Waals surface area contributed by atoms with E-state index in [9.17, 15) is 4.39 Å². The van der Waals surface area contributed by atoms with E-state index in [1.807, 2.05) is 24.3 Å². The van der Waals surface area contributed by atoms with Crippen molar-refractivity contribution in [3.8, 4) is 0 Å². The highest BCUT2D eigenvalue weighted by Gasteiger charge is 2.15. The monoisotopic (exact) mass is 282 g/mol. The number of alkyl halides is 1. The number of rotatable bonds is 2. The van der Waals surface area contributed by atoms with E-state index < -0.39 is 0 Å². The SMILES string of the molecule is Cc1cc(C(Br)c2ccco2)cc(C)c1F. The summed E-state index contributed by atoms with van der Waals surface area (Å²) in [5.74, 6) is 0.688. The number of benzene rings is 1. The van der Waals surface area contributed by atoms with Crippen molar-refractivity contribution in [2.24, 2.45) is 0 Å². The minimum Gasteiger partial charge on any atom is -0.468 e. The molecule has 0 amide bonds. The highest BCUT2D eigenvalue weighted by atomic mass is 79.9. The Morgan fingerprint density at radius 3 is 2.38 bits per heavy atom. The van der Waals surface area contributed by atoms with Crippen molar-refractivity contribution in [2.75, 3.05) is 0 Å². The molecule has 2 rings (SSSR count). The van der Waals surface area contributed by atoms with Gasteiger partial charge in [0, 0.05) is 0 Å². The van der Waals surface area contributed by atoms with Gasteiger partial charge in [-0.25, -0.2) is 4.39 Å². The molecule has 0 N–H and O–H groups in total. The second kappa shape index (κ2) is 4.42. The largest absolute Gasteiger partial charge is 0.468 e. The van der Waals surface area contributed by atoms with Crippen LogP contribution in [0.5, 0.6) is 0 Å². The Balaban J connectivity index is 2.42. The van der Waals surface area contributed by atoms with Gasteiger partial charge in [-0.2, -0.15) is 0 Å². The molecule has 0 aliphatic heterocycles. The maximum atomic E-state index is 13.5. The molecule has 0 bridgehead atoms. The molecule has 0 aliphatic carbocycles. The fraction of sp³-hybridized carbons (Fsp3) is 0.231. The highest BCUT2D eigenvalue weighted by Crippen LogP contribution is 2.32. The number of aryl methyl sites for hydroxylation is 2. The fourth-order valence-electron chi connectivity index (χ4n) is 1.73. The molecule has 1 nitrogen and oxygen atoms in total. The fourth-order valence-corrected chi connectivity index (χ4v) is 2.25. The predicted octanol–water partition coefficient (Wildman–Crippen LogP) is 4.52. The Kier molecular flexibility index (Phi) is 3.15. The second-order valence-electron chi connectivity index (χ2n) is 3.85. The standard InChI is InChI=1S/C13H12BrFO/c1-8-6-10(7-9(2)13(8)15)12(14)11-4-3-5-16-11/h3-7,12H,1-2H3. The molecule has 0 aliphatic rings. The first-order valence-corrected chi connectivity index (χ1v) is 5.95. The molecule has 0 saturated heterocycles. The molecule has 84 valence electrons. The average molecular weight is 283 g/mol. The van der Waals surface area contributed by atoms with E-state index in [4.69, 9.17) is 4.42 Å². The minimum atomic E-state index is -0.136. The van der Waals surface area contributed by atoms with Gasteiger partial charge in [0.1, 0.15) is 11.6 Å². The summed E-state index contributed by atoms with van der Waals surface area (Å²) in [7, 11) is 0. The molecule has 0 fully saturated rings. The molecule has 0 spiro atoms. The summed E-state index contributed by atoms with van der Waals surface area (Å²) in [5.41, 5.74) is 2.32. The van der Waals surface area contributed by atoms with Gasteiger partial charge in [-0.1, -0.05) is 28.1 Å². The molecule has 1 aromatic carbocycles.